The second kappa shape index (κ2) is 5.82. The van der Waals surface area contributed by atoms with Crippen molar-refractivity contribution in [1.29, 1.82) is 0 Å². The van der Waals surface area contributed by atoms with Gasteiger partial charge in [-0.05, 0) is 24.5 Å². The minimum atomic E-state index is -0.778. The normalized spacial score (nSPS) is 18.3. The number of carbonyl (C=O) groups excluding carboxylic acids is 1. The van der Waals surface area contributed by atoms with Crippen LogP contribution in [0.25, 0.3) is 0 Å². The van der Waals surface area contributed by atoms with Crippen molar-refractivity contribution in [2.45, 2.75) is 24.9 Å². The van der Waals surface area contributed by atoms with Crippen LogP contribution in [0.3, 0.4) is 0 Å². The molecule has 0 unspecified atom stereocenters. The van der Waals surface area contributed by atoms with Crippen LogP contribution in [0.4, 0.5) is 0 Å². The van der Waals surface area contributed by atoms with E-state index in [0.717, 1.165) is 10.0 Å². The first kappa shape index (κ1) is 13.5. The van der Waals surface area contributed by atoms with Crippen LogP contribution in [0.15, 0.2) is 28.7 Å². The predicted molar refractivity (Wildman–Crippen MR) is 73.0 cm³/mol. The second-order valence-electron chi connectivity index (χ2n) is 4.54. The first-order valence-corrected chi connectivity index (χ1v) is 6.79. The smallest absolute Gasteiger partial charge is 0.240 e. The van der Waals surface area contributed by atoms with E-state index in [1.807, 2.05) is 24.3 Å². The number of amides is 1. The van der Waals surface area contributed by atoms with Crippen LogP contribution in [0.2, 0.25) is 0 Å². The molecular formula is C13H17BrN2O2. The number of halogens is 1. The lowest BCUT2D eigenvalue weighted by atomic mass is 9.90. The Balaban J connectivity index is 1.94. The van der Waals surface area contributed by atoms with Gasteiger partial charge in [0.2, 0.25) is 5.91 Å². The Morgan fingerprint density at radius 2 is 2.06 bits per heavy atom. The van der Waals surface area contributed by atoms with Gasteiger partial charge in [0.1, 0.15) is 0 Å². The van der Waals surface area contributed by atoms with Gasteiger partial charge < -0.3 is 15.8 Å². The molecule has 1 fully saturated rings. The van der Waals surface area contributed by atoms with Gasteiger partial charge in [0.05, 0.1) is 5.54 Å². The molecule has 2 rings (SSSR count). The molecule has 0 radical (unpaired) electrons. The van der Waals surface area contributed by atoms with E-state index in [4.69, 9.17) is 10.5 Å². The highest BCUT2D eigenvalue weighted by Crippen LogP contribution is 2.19. The predicted octanol–water partition coefficient (Wildman–Crippen LogP) is 1.57. The number of hydrogen-bond donors (Lipinski definition) is 2. The summed E-state index contributed by atoms with van der Waals surface area (Å²) >= 11 is 3.45. The number of rotatable bonds is 3. The number of benzene rings is 1. The lowest BCUT2D eigenvalue weighted by molar-refractivity contribution is -0.129. The fourth-order valence-corrected chi connectivity index (χ4v) is 2.38. The van der Waals surface area contributed by atoms with Gasteiger partial charge in [-0.25, -0.2) is 0 Å². The minimum Gasteiger partial charge on any atom is -0.381 e. The molecule has 0 aliphatic carbocycles. The van der Waals surface area contributed by atoms with Crippen molar-refractivity contribution < 1.29 is 9.53 Å². The summed E-state index contributed by atoms with van der Waals surface area (Å²) in [5.74, 6) is -0.0958. The second-order valence-corrected chi connectivity index (χ2v) is 5.40. The SMILES string of the molecule is NC1(C(=O)NCc2ccccc2Br)CCOCC1. The van der Waals surface area contributed by atoms with Crippen molar-refractivity contribution in [2.24, 2.45) is 5.73 Å². The van der Waals surface area contributed by atoms with Gasteiger partial charge in [0, 0.05) is 24.2 Å². The topological polar surface area (TPSA) is 64.4 Å². The molecule has 1 saturated heterocycles. The maximum absolute atomic E-state index is 12.1. The van der Waals surface area contributed by atoms with Gasteiger partial charge in [-0.15, -0.1) is 0 Å². The fraction of sp³-hybridized carbons (Fsp3) is 0.462. The van der Waals surface area contributed by atoms with E-state index in [9.17, 15) is 4.79 Å². The van der Waals surface area contributed by atoms with E-state index in [1.165, 1.54) is 0 Å². The molecule has 1 amide bonds. The summed E-state index contributed by atoms with van der Waals surface area (Å²) in [5.41, 5.74) is 6.37. The van der Waals surface area contributed by atoms with Gasteiger partial charge in [0.25, 0.3) is 0 Å². The number of hydrogen-bond acceptors (Lipinski definition) is 3. The van der Waals surface area contributed by atoms with Crippen LogP contribution in [0.1, 0.15) is 18.4 Å². The summed E-state index contributed by atoms with van der Waals surface area (Å²) in [6, 6.07) is 7.81. The van der Waals surface area contributed by atoms with E-state index in [1.54, 1.807) is 0 Å². The van der Waals surface area contributed by atoms with Crippen molar-refractivity contribution in [3.05, 3.63) is 34.3 Å². The van der Waals surface area contributed by atoms with Crippen LogP contribution in [0, 0.1) is 0 Å². The number of ether oxygens (including phenoxy) is 1. The molecule has 0 saturated carbocycles. The Labute approximate surface area is 115 Å². The van der Waals surface area contributed by atoms with Crippen molar-refractivity contribution in [3.8, 4) is 0 Å². The van der Waals surface area contributed by atoms with Crippen molar-refractivity contribution in [2.75, 3.05) is 13.2 Å². The summed E-state index contributed by atoms with van der Waals surface area (Å²) < 4.78 is 6.22. The van der Waals surface area contributed by atoms with E-state index in [0.29, 0.717) is 32.6 Å². The highest BCUT2D eigenvalue weighted by atomic mass is 79.9. The van der Waals surface area contributed by atoms with Crippen LogP contribution >= 0.6 is 15.9 Å². The van der Waals surface area contributed by atoms with Crippen molar-refractivity contribution in [1.82, 2.24) is 5.32 Å². The Kier molecular flexibility index (Phi) is 4.37. The van der Waals surface area contributed by atoms with Crippen molar-refractivity contribution in [3.63, 3.8) is 0 Å². The van der Waals surface area contributed by atoms with Gasteiger partial charge >= 0.3 is 0 Å². The zero-order chi connectivity index (χ0) is 13.0. The first-order chi connectivity index (χ1) is 8.62. The van der Waals surface area contributed by atoms with Crippen LogP contribution < -0.4 is 11.1 Å². The summed E-state index contributed by atoms with van der Waals surface area (Å²) in [5, 5.41) is 2.90. The largest absolute Gasteiger partial charge is 0.381 e. The van der Waals surface area contributed by atoms with Crippen LogP contribution in [-0.2, 0) is 16.1 Å². The van der Waals surface area contributed by atoms with Gasteiger partial charge in [-0.2, -0.15) is 0 Å². The average molecular weight is 313 g/mol. The molecule has 0 aromatic heterocycles. The lowest BCUT2D eigenvalue weighted by Crippen LogP contribution is -2.56. The quantitative estimate of drug-likeness (QED) is 0.890. The summed E-state index contributed by atoms with van der Waals surface area (Å²) in [7, 11) is 0. The zero-order valence-electron chi connectivity index (χ0n) is 10.1. The molecule has 1 aromatic carbocycles. The highest BCUT2D eigenvalue weighted by Gasteiger charge is 2.35. The van der Waals surface area contributed by atoms with Crippen LogP contribution in [-0.4, -0.2) is 24.7 Å². The molecular weight excluding hydrogens is 296 g/mol. The molecule has 98 valence electrons. The van der Waals surface area contributed by atoms with Crippen LogP contribution in [0.5, 0.6) is 0 Å². The summed E-state index contributed by atoms with van der Waals surface area (Å²) in [6.45, 7) is 1.60. The molecule has 0 atom stereocenters. The highest BCUT2D eigenvalue weighted by molar-refractivity contribution is 9.10. The van der Waals surface area contributed by atoms with E-state index in [-0.39, 0.29) is 5.91 Å². The van der Waals surface area contributed by atoms with Gasteiger partial charge in [-0.3, -0.25) is 4.79 Å². The van der Waals surface area contributed by atoms with Crippen molar-refractivity contribution >= 4 is 21.8 Å². The van der Waals surface area contributed by atoms with E-state index in [2.05, 4.69) is 21.2 Å². The third-order valence-electron chi connectivity index (χ3n) is 3.23. The monoisotopic (exact) mass is 312 g/mol. The molecule has 18 heavy (non-hydrogen) atoms. The summed E-state index contributed by atoms with van der Waals surface area (Å²) in [4.78, 5) is 12.1. The Morgan fingerprint density at radius 1 is 1.39 bits per heavy atom. The van der Waals surface area contributed by atoms with Gasteiger partial charge in [-0.1, -0.05) is 34.1 Å². The number of nitrogens with two attached hydrogens (primary N) is 1. The van der Waals surface area contributed by atoms with Gasteiger partial charge in [0.15, 0.2) is 0 Å². The number of carbonyl (C=O) groups is 1. The zero-order valence-corrected chi connectivity index (χ0v) is 11.7. The standard InChI is InChI=1S/C13H17BrN2O2/c14-11-4-2-1-3-10(11)9-16-12(17)13(15)5-7-18-8-6-13/h1-4H,5-9,15H2,(H,16,17). The van der Waals surface area contributed by atoms with E-state index < -0.39 is 5.54 Å². The van der Waals surface area contributed by atoms with E-state index >= 15 is 0 Å². The molecule has 0 bridgehead atoms. The lowest BCUT2D eigenvalue weighted by Gasteiger charge is -2.31. The minimum absolute atomic E-state index is 0.0958. The molecule has 0 spiro atoms. The summed E-state index contributed by atoms with van der Waals surface area (Å²) in [6.07, 6.45) is 1.16. The third kappa shape index (κ3) is 3.10. The molecule has 3 N–H and O–H groups in total. The molecule has 1 aromatic rings. The molecule has 1 aliphatic heterocycles. The first-order valence-electron chi connectivity index (χ1n) is 6.00. The maximum atomic E-state index is 12.1. The molecule has 1 heterocycles. The number of nitrogens with one attached hydrogen (secondary N) is 1. The molecule has 1 aliphatic rings. The molecule has 4 nitrogen and oxygen atoms in total. The Bertz CT molecular complexity index is 431. The third-order valence-corrected chi connectivity index (χ3v) is 4.01. The Hall–Kier alpha value is -0.910. The maximum Gasteiger partial charge on any atom is 0.240 e. The fourth-order valence-electron chi connectivity index (χ4n) is 1.96. The average Bonchev–Trinajstić information content (AvgIpc) is 2.38. The Morgan fingerprint density at radius 3 is 2.72 bits per heavy atom. The molecule has 5 heteroatoms.